The quantitative estimate of drug-likeness (QED) is 0.778. The van der Waals surface area contributed by atoms with E-state index < -0.39 is 15.9 Å². The molecule has 1 N–H and O–H groups in total. The molecule has 1 aromatic heterocycles. The van der Waals surface area contributed by atoms with E-state index >= 15 is 0 Å². The molecule has 2 aliphatic heterocycles. The lowest BCUT2D eigenvalue weighted by molar-refractivity contribution is 0.0880. The number of rotatable bonds is 5. The molecule has 2 fully saturated rings. The molecule has 0 bridgehead atoms. The van der Waals surface area contributed by atoms with E-state index in [1.165, 1.54) is 0 Å². The zero-order valence-electron chi connectivity index (χ0n) is 16.9. The zero-order chi connectivity index (χ0) is 20.6. The molecule has 0 aliphatic carbocycles. The van der Waals surface area contributed by atoms with Gasteiger partial charge in [-0.3, -0.25) is 4.90 Å². The summed E-state index contributed by atoms with van der Waals surface area (Å²) in [5, 5.41) is 14.2. The van der Waals surface area contributed by atoms with Crippen LogP contribution in [0.25, 0.3) is 0 Å². The van der Waals surface area contributed by atoms with Gasteiger partial charge in [0.15, 0.2) is 15.7 Å². The Morgan fingerprint density at radius 1 is 1.21 bits per heavy atom. The second-order valence-electron chi connectivity index (χ2n) is 8.26. The summed E-state index contributed by atoms with van der Waals surface area (Å²) in [5.74, 6) is 0.253. The summed E-state index contributed by atoms with van der Waals surface area (Å²) in [5.41, 5.74) is 1.000. The maximum absolute atomic E-state index is 12.7. The number of piperidine rings is 1. The van der Waals surface area contributed by atoms with E-state index in [2.05, 4.69) is 27.0 Å². The molecule has 9 heteroatoms. The Morgan fingerprint density at radius 2 is 1.90 bits per heavy atom. The van der Waals surface area contributed by atoms with Gasteiger partial charge in [0.05, 0.1) is 17.0 Å². The molecule has 4 rings (SSSR count). The summed E-state index contributed by atoms with van der Waals surface area (Å²) in [4.78, 5) is 9.20. The molecule has 2 aromatic rings. The predicted molar refractivity (Wildman–Crippen MR) is 107 cm³/mol. The molecule has 8 nitrogen and oxygen atoms in total. The van der Waals surface area contributed by atoms with Gasteiger partial charge in [0.25, 0.3) is 0 Å². The van der Waals surface area contributed by atoms with Crippen LogP contribution < -0.4 is 0 Å². The van der Waals surface area contributed by atoms with E-state index in [0.717, 1.165) is 31.5 Å². The van der Waals surface area contributed by atoms with E-state index in [4.69, 9.17) is 4.52 Å². The molecule has 0 radical (unpaired) electrons. The van der Waals surface area contributed by atoms with Crippen LogP contribution in [0, 0.1) is 6.92 Å². The van der Waals surface area contributed by atoms with E-state index in [0.29, 0.717) is 24.9 Å². The molecule has 1 aromatic carbocycles. The second-order valence-corrected chi connectivity index (χ2v) is 10.2. The average Bonchev–Trinajstić information content (AvgIpc) is 3.28. The van der Waals surface area contributed by atoms with Crippen molar-refractivity contribution in [2.75, 3.05) is 26.7 Å². The lowest BCUT2D eigenvalue weighted by Gasteiger charge is -2.37. The van der Waals surface area contributed by atoms with Gasteiger partial charge in [-0.2, -0.15) is 4.98 Å². The highest BCUT2D eigenvalue weighted by molar-refractivity contribution is 7.90. The first-order chi connectivity index (χ1) is 13.8. The minimum atomic E-state index is -3.54. The monoisotopic (exact) mass is 420 g/mol. The minimum absolute atomic E-state index is 0.158. The Hall–Kier alpha value is -1.81. The topological polar surface area (TPSA) is 99.8 Å². The van der Waals surface area contributed by atoms with Gasteiger partial charge in [-0.15, -0.1) is 0 Å². The zero-order valence-corrected chi connectivity index (χ0v) is 17.7. The summed E-state index contributed by atoms with van der Waals surface area (Å²) >= 11 is 0. The number of benzene rings is 1. The SMILES string of the molecule is Cc1ccc(S(=O)(=O)Cc2noc([C@@H]3C[C@@H](O)CN3C3CCN(C)CC3)n2)cc1. The molecule has 158 valence electrons. The van der Waals surface area contributed by atoms with Gasteiger partial charge in [-0.05, 0) is 58.5 Å². The van der Waals surface area contributed by atoms with Crippen molar-refractivity contribution >= 4 is 9.84 Å². The number of aryl methyl sites for hydroxylation is 1. The first-order valence-corrected chi connectivity index (χ1v) is 11.7. The van der Waals surface area contributed by atoms with E-state index in [-0.39, 0.29) is 22.5 Å². The number of sulfone groups is 1. The molecule has 0 unspecified atom stereocenters. The third-order valence-corrected chi connectivity index (χ3v) is 7.57. The fourth-order valence-electron chi connectivity index (χ4n) is 4.27. The number of aliphatic hydroxyl groups is 1. The highest BCUT2D eigenvalue weighted by Gasteiger charge is 2.40. The smallest absolute Gasteiger partial charge is 0.244 e. The van der Waals surface area contributed by atoms with Crippen molar-refractivity contribution in [3.63, 3.8) is 0 Å². The number of β-amino-alcohol motifs (C(OH)–C–C–N with tert-alkyl or cyclic N) is 1. The minimum Gasteiger partial charge on any atom is -0.392 e. The van der Waals surface area contributed by atoms with Gasteiger partial charge in [-0.1, -0.05) is 22.9 Å². The summed E-state index contributed by atoms with van der Waals surface area (Å²) in [7, 11) is -1.43. The molecular formula is C20H28N4O4S. The summed E-state index contributed by atoms with van der Waals surface area (Å²) in [6, 6.07) is 6.94. The number of hydrogen-bond acceptors (Lipinski definition) is 8. The molecule has 2 atom stereocenters. The van der Waals surface area contributed by atoms with Crippen LogP contribution in [0.1, 0.15) is 42.6 Å². The van der Waals surface area contributed by atoms with Gasteiger partial charge in [0, 0.05) is 12.6 Å². The van der Waals surface area contributed by atoms with Gasteiger partial charge >= 0.3 is 0 Å². The van der Waals surface area contributed by atoms with Gasteiger partial charge in [0.1, 0.15) is 5.75 Å². The number of aromatic nitrogens is 2. The van der Waals surface area contributed by atoms with Crippen molar-refractivity contribution in [3.05, 3.63) is 41.5 Å². The number of hydrogen-bond donors (Lipinski definition) is 1. The highest BCUT2D eigenvalue weighted by atomic mass is 32.2. The maximum atomic E-state index is 12.7. The van der Waals surface area contributed by atoms with Crippen LogP contribution in [0.5, 0.6) is 0 Å². The largest absolute Gasteiger partial charge is 0.392 e. The first kappa shape index (κ1) is 20.5. The van der Waals surface area contributed by atoms with E-state index in [1.807, 2.05) is 6.92 Å². The van der Waals surface area contributed by atoms with Crippen molar-refractivity contribution in [1.82, 2.24) is 19.9 Å². The predicted octanol–water partition coefficient (Wildman–Crippen LogP) is 1.55. The Bertz CT molecular complexity index is 936. The first-order valence-electron chi connectivity index (χ1n) is 10.1. The van der Waals surface area contributed by atoms with Crippen molar-refractivity contribution in [1.29, 1.82) is 0 Å². The average molecular weight is 421 g/mol. The molecule has 2 aliphatic rings. The molecule has 0 saturated carbocycles. The summed E-state index contributed by atoms with van der Waals surface area (Å²) in [6.07, 6.45) is 2.15. The normalized spacial score (nSPS) is 24.9. The van der Waals surface area contributed by atoms with E-state index in [1.54, 1.807) is 24.3 Å². The third kappa shape index (κ3) is 4.53. The molecule has 0 amide bonds. The van der Waals surface area contributed by atoms with Crippen LogP contribution in [0.4, 0.5) is 0 Å². The standard InChI is InChI=1S/C20H28N4O4S/c1-14-3-5-17(6-4-14)29(26,27)13-19-21-20(28-22-19)18-11-16(25)12-24(18)15-7-9-23(2)10-8-15/h3-6,15-16,18,25H,7-13H2,1-2H3/t16-,18+/m1/s1. The van der Waals surface area contributed by atoms with Gasteiger partial charge in [-0.25, -0.2) is 8.42 Å². The number of aliphatic hydroxyl groups excluding tert-OH is 1. The Labute approximate surface area is 171 Å². The number of likely N-dealkylation sites (tertiary alicyclic amines) is 2. The molecule has 29 heavy (non-hydrogen) atoms. The van der Waals surface area contributed by atoms with Crippen LogP contribution in [0.2, 0.25) is 0 Å². The van der Waals surface area contributed by atoms with Crippen molar-refractivity contribution in [2.45, 2.75) is 55.0 Å². The molecule has 0 spiro atoms. The Kier molecular flexibility index (Phi) is 5.74. The number of nitrogens with zero attached hydrogens (tertiary/aromatic N) is 4. The van der Waals surface area contributed by atoms with Crippen molar-refractivity contribution in [2.24, 2.45) is 0 Å². The van der Waals surface area contributed by atoms with E-state index in [9.17, 15) is 13.5 Å². The highest BCUT2D eigenvalue weighted by Crippen LogP contribution is 2.35. The van der Waals surface area contributed by atoms with Crippen LogP contribution in [-0.2, 0) is 15.6 Å². The molecule has 3 heterocycles. The van der Waals surface area contributed by atoms with Gasteiger partial charge < -0.3 is 14.5 Å². The fraction of sp³-hybridized carbons (Fsp3) is 0.600. The molecule has 2 saturated heterocycles. The molecular weight excluding hydrogens is 392 g/mol. The van der Waals surface area contributed by atoms with Crippen molar-refractivity contribution < 1.29 is 18.0 Å². The Morgan fingerprint density at radius 3 is 2.59 bits per heavy atom. The Balaban J connectivity index is 1.49. The van der Waals surface area contributed by atoms with Gasteiger partial charge in [0.2, 0.25) is 5.89 Å². The van der Waals surface area contributed by atoms with Crippen molar-refractivity contribution in [3.8, 4) is 0 Å². The summed E-state index contributed by atoms with van der Waals surface area (Å²) < 4.78 is 30.8. The van der Waals surface area contributed by atoms with Crippen LogP contribution >= 0.6 is 0 Å². The van der Waals surface area contributed by atoms with Crippen LogP contribution in [0.15, 0.2) is 33.7 Å². The third-order valence-electron chi connectivity index (χ3n) is 5.94. The van der Waals surface area contributed by atoms with Crippen LogP contribution in [0.3, 0.4) is 0 Å². The maximum Gasteiger partial charge on any atom is 0.244 e. The van der Waals surface area contributed by atoms with Crippen LogP contribution in [-0.4, -0.2) is 72.3 Å². The lowest BCUT2D eigenvalue weighted by Crippen LogP contribution is -2.43. The fourth-order valence-corrected chi connectivity index (χ4v) is 5.45. The second kappa shape index (κ2) is 8.14. The lowest BCUT2D eigenvalue weighted by atomic mass is 10.0. The summed E-state index contributed by atoms with van der Waals surface area (Å²) in [6.45, 7) is 4.54.